The van der Waals surface area contributed by atoms with E-state index in [0.29, 0.717) is 12.5 Å². The van der Waals surface area contributed by atoms with Gasteiger partial charge in [-0.25, -0.2) is 9.37 Å². The highest BCUT2D eigenvalue weighted by Crippen LogP contribution is 2.29. The van der Waals surface area contributed by atoms with E-state index in [0.717, 1.165) is 31.6 Å². The molecule has 0 saturated heterocycles. The molecule has 2 heterocycles. The topological polar surface area (TPSA) is 43.8 Å². The summed E-state index contributed by atoms with van der Waals surface area (Å²) in [6.45, 7) is 1.55. The number of hydrogen-bond acceptors (Lipinski definition) is 2. The van der Waals surface area contributed by atoms with Gasteiger partial charge in [0.1, 0.15) is 11.6 Å². The van der Waals surface area contributed by atoms with Crippen molar-refractivity contribution in [1.82, 2.24) is 9.55 Å². The first-order chi connectivity index (χ1) is 9.28. The van der Waals surface area contributed by atoms with Gasteiger partial charge in [-0.2, -0.15) is 0 Å². The van der Waals surface area contributed by atoms with Crippen molar-refractivity contribution in [2.75, 3.05) is 6.54 Å². The number of nitrogens with zero attached hydrogens (tertiary/aromatic N) is 2. The Kier molecular flexibility index (Phi) is 3.34. The zero-order valence-corrected chi connectivity index (χ0v) is 10.8. The molecule has 2 aromatic rings. The molecule has 3 nitrogen and oxygen atoms in total. The molecule has 1 aromatic carbocycles. The van der Waals surface area contributed by atoms with E-state index in [4.69, 9.17) is 5.73 Å². The van der Waals surface area contributed by atoms with Crippen LogP contribution in [0, 0.1) is 5.82 Å². The van der Waals surface area contributed by atoms with Crippen LogP contribution in [0.3, 0.4) is 0 Å². The molecule has 3 rings (SSSR count). The molecule has 2 N–H and O–H groups in total. The van der Waals surface area contributed by atoms with E-state index in [-0.39, 0.29) is 5.82 Å². The van der Waals surface area contributed by atoms with Crippen molar-refractivity contribution >= 4 is 0 Å². The Morgan fingerprint density at radius 3 is 2.84 bits per heavy atom. The fourth-order valence-corrected chi connectivity index (χ4v) is 2.85. The predicted molar refractivity (Wildman–Crippen MR) is 72.4 cm³/mol. The summed E-state index contributed by atoms with van der Waals surface area (Å²) in [5, 5.41) is 0. The van der Waals surface area contributed by atoms with Gasteiger partial charge < -0.3 is 10.3 Å². The van der Waals surface area contributed by atoms with Crippen LogP contribution in [0.2, 0.25) is 0 Å². The van der Waals surface area contributed by atoms with Gasteiger partial charge in [0.05, 0.1) is 0 Å². The van der Waals surface area contributed by atoms with Crippen molar-refractivity contribution in [3.63, 3.8) is 0 Å². The van der Waals surface area contributed by atoms with Crippen LogP contribution in [-0.4, -0.2) is 16.1 Å². The lowest BCUT2D eigenvalue weighted by Crippen LogP contribution is -2.21. The van der Waals surface area contributed by atoms with Gasteiger partial charge in [-0.1, -0.05) is 12.1 Å². The minimum absolute atomic E-state index is 0.174. The molecule has 1 unspecified atom stereocenters. The van der Waals surface area contributed by atoms with Crippen LogP contribution in [0.25, 0.3) is 0 Å². The molecule has 19 heavy (non-hydrogen) atoms. The molecule has 0 saturated carbocycles. The number of benzene rings is 1. The highest BCUT2D eigenvalue weighted by atomic mass is 19.1. The smallest absolute Gasteiger partial charge is 0.123 e. The van der Waals surface area contributed by atoms with Crippen LogP contribution < -0.4 is 5.73 Å². The van der Waals surface area contributed by atoms with Crippen molar-refractivity contribution in [3.8, 4) is 0 Å². The van der Waals surface area contributed by atoms with Gasteiger partial charge in [0.25, 0.3) is 0 Å². The summed E-state index contributed by atoms with van der Waals surface area (Å²) in [5.74, 6) is 1.34. The maximum Gasteiger partial charge on any atom is 0.123 e. The van der Waals surface area contributed by atoms with Crippen LogP contribution in [0.1, 0.15) is 29.4 Å². The highest BCUT2D eigenvalue weighted by Gasteiger charge is 2.22. The fraction of sp³-hybridized carbons (Fsp3) is 0.400. The average molecular weight is 259 g/mol. The lowest BCUT2D eigenvalue weighted by Gasteiger charge is -2.26. The van der Waals surface area contributed by atoms with Gasteiger partial charge in [0.15, 0.2) is 0 Å². The standard InChI is InChI=1S/C15H18FN3/c16-13-4-1-11(2-5-13)12-3-6-14-9-18-15(7-8-17)19(14)10-12/h1-2,4-5,9,12H,3,6-8,10,17H2. The normalized spacial score (nSPS) is 18.3. The number of aromatic nitrogens is 2. The Bertz CT molecular complexity index is 559. The average Bonchev–Trinajstić information content (AvgIpc) is 2.83. The molecular weight excluding hydrogens is 241 g/mol. The van der Waals surface area contributed by atoms with Crippen molar-refractivity contribution in [2.45, 2.75) is 31.7 Å². The third-order valence-corrected chi connectivity index (χ3v) is 3.88. The first-order valence-electron chi connectivity index (χ1n) is 6.76. The summed E-state index contributed by atoms with van der Waals surface area (Å²) in [6, 6.07) is 6.87. The van der Waals surface area contributed by atoms with E-state index in [2.05, 4.69) is 9.55 Å². The molecule has 1 aliphatic heterocycles. The van der Waals surface area contributed by atoms with Gasteiger partial charge in [0.2, 0.25) is 0 Å². The number of fused-ring (bicyclic) bond motifs is 1. The van der Waals surface area contributed by atoms with E-state index in [1.54, 1.807) is 12.1 Å². The Morgan fingerprint density at radius 1 is 1.32 bits per heavy atom. The maximum atomic E-state index is 13.0. The molecule has 100 valence electrons. The van der Waals surface area contributed by atoms with Gasteiger partial charge in [-0.05, 0) is 37.1 Å². The van der Waals surface area contributed by atoms with Crippen molar-refractivity contribution in [3.05, 3.63) is 53.4 Å². The minimum Gasteiger partial charge on any atom is -0.331 e. The lowest BCUT2D eigenvalue weighted by atomic mass is 9.91. The van der Waals surface area contributed by atoms with E-state index in [1.807, 2.05) is 18.3 Å². The Balaban J connectivity index is 1.84. The summed E-state index contributed by atoms with van der Waals surface area (Å²) in [6.07, 6.45) is 4.90. The van der Waals surface area contributed by atoms with E-state index < -0.39 is 0 Å². The van der Waals surface area contributed by atoms with Gasteiger partial charge in [0, 0.05) is 30.8 Å². The number of rotatable bonds is 3. The van der Waals surface area contributed by atoms with Crippen LogP contribution >= 0.6 is 0 Å². The Labute approximate surface area is 112 Å². The first kappa shape index (κ1) is 12.4. The largest absolute Gasteiger partial charge is 0.331 e. The Hall–Kier alpha value is -1.68. The molecule has 0 aliphatic carbocycles. The van der Waals surface area contributed by atoms with Gasteiger partial charge in [-0.15, -0.1) is 0 Å². The quantitative estimate of drug-likeness (QED) is 0.918. The predicted octanol–water partition coefficient (Wildman–Crippen LogP) is 2.25. The summed E-state index contributed by atoms with van der Waals surface area (Å²) in [5.41, 5.74) is 8.12. The van der Waals surface area contributed by atoms with Crippen molar-refractivity contribution in [2.24, 2.45) is 5.73 Å². The van der Waals surface area contributed by atoms with Crippen LogP contribution in [-0.2, 0) is 19.4 Å². The van der Waals surface area contributed by atoms with E-state index in [1.165, 1.54) is 11.3 Å². The zero-order chi connectivity index (χ0) is 13.2. The third-order valence-electron chi connectivity index (χ3n) is 3.88. The second-order valence-electron chi connectivity index (χ2n) is 5.10. The lowest BCUT2D eigenvalue weighted by molar-refractivity contribution is 0.451. The number of nitrogens with two attached hydrogens (primary N) is 1. The molecule has 1 aliphatic rings. The summed E-state index contributed by atoms with van der Waals surface area (Å²) < 4.78 is 15.3. The summed E-state index contributed by atoms with van der Waals surface area (Å²) in [4.78, 5) is 4.45. The number of imidazole rings is 1. The SMILES string of the molecule is NCCc1ncc2n1CC(c1ccc(F)cc1)CC2. The maximum absolute atomic E-state index is 13.0. The molecule has 0 radical (unpaired) electrons. The van der Waals surface area contributed by atoms with Crippen molar-refractivity contribution in [1.29, 1.82) is 0 Å². The van der Waals surface area contributed by atoms with E-state index in [9.17, 15) is 4.39 Å². The molecule has 4 heteroatoms. The summed E-state index contributed by atoms with van der Waals surface area (Å²) >= 11 is 0. The van der Waals surface area contributed by atoms with Gasteiger partial charge in [-0.3, -0.25) is 0 Å². The monoisotopic (exact) mass is 259 g/mol. The molecule has 0 spiro atoms. The number of hydrogen-bond donors (Lipinski definition) is 1. The fourth-order valence-electron chi connectivity index (χ4n) is 2.85. The van der Waals surface area contributed by atoms with E-state index >= 15 is 0 Å². The molecule has 0 amide bonds. The zero-order valence-electron chi connectivity index (χ0n) is 10.8. The molecule has 1 aromatic heterocycles. The van der Waals surface area contributed by atoms with Crippen LogP contribution in [0.15, 0.2) is 30.5 Å². The molecular formula is C15H18FN3. The molecule has 1 atom stereocenters. The number of aryl methyl sites for hydroxylation is 1. The van der Waals surface area contributed by atoms with Crippen LogP contribution in [0.4, 0.5) is 4.39 Å². The van der Waals surface area contributed by atoms with Crippen molar-refractivity contribution < 1.29 is 4.39 Å². The van der Waals surface area contributed by atoms with Gasteiger partial charge >= 0.3 is 0 Å². The molecule has 0 bridgehead atoms. The highest BCUT2D eigenvalue weighted by molar-refractivity contribution is 5.23. The Morgan fingerprint density at radius 2 is 2.11 bits per heavy atom. The second kappa shape index (κ2) is 5.13. The minimum atomic E-state index is -0.174. The summed E-state index contributed by atoms with van der Waals surface area (Å²) in [7, 11) is 0. The first-order valence-corrected chi connectivity index (χ1v) is 6.76. The second-order valence-corrected chi connectivity index (χ2v) is 5.10. The molecule has 0 fully saturated rings. The van der Waals surface area contributed by atoms with Crippen LogP contribution in [0.5, 0.6) is 0 Å². The number of halogens is 1. The third kappa shape index (κ3) is 2.40.